The summed E-state index contributed by atoms with van der Waals surface area (Å²) >= 11 is 12.6. The number of rotatable bonds is 9. The van der Waals surface area contributed by atoms with Crippen molar-refractivity contribution in [3.8, 4) is 11.5 Å². The summed E-state index contributed by atoms with van der Waals surface area (Å²) in [5.41, 5.74) is 3.05. The smallest absolute Gasteiger partial charge is 0.159 e. The zero-order valence-corrected chi connectivity index (χ0v) is 20.4. The minimum atomic E-state index is -0.668. The molecule has 0 fully saturated rings. The minimum absolute atomic E-state index is 0.0295. The fraction of sp³-hybridized carbons (Fsp3) is 0.154. The number of ketones is 1. The molecule has 2 aromatic carbocycles. The second-order valence-electron chi connectivity index (χ2n) is 7.33. The van der Waals surface area contributed by atoms with Gasteiger partial charge in [0.25, 0.3) is 0 Å². The molecule has 0 saturated heterocycles. The van der Waals surface area contributed by atoms with E-state index in [1.807, 2.05) is 25.1 Å². The number of pyridine rings is 1. The Labute approximate surface area is 207 Å². The lowest BCUT2D eigenvalue weighted by molar-refractivity contribution is -0.114. The summed E-state index contributed by atoms with van der Waals surface area (Å²) in [5.74, 6) is 0.271. The summed E-state index contributed by atoms with van der Waals surface area (Å²) in [4.78, 5) is 16.2. The number of anilines is 2. The Morgan fingerprint density at radius 2 is 1.82 bits per heavy atom. The average Bonchev–Trinajstić information content (AvgIpc) is 2.82. The van der Waals surface area contributed by atoms with Crippen LogP contribution in [-0.2, 0) is 11.2 Å². The normalized spacial score (nSPS) is 11.2. The number of halogens is 3. The first-order valence-electron chi connectivity index (χ1n) is 10.2. The lowest BCUT2D eigenvalue weighted by Crippen LogP contribution is -2.04. The predicted molar refractivity (Wildman–Crippen MR) is 136 cm³/mol. The van der Waals surface area contributed by atoms with Crippen LogP contribution in [0.25, 0.3) is 11.9 Å². The van der Waals surface area contributed by atoms with Crippen molar-refractivity contribution in [2.45, 2.75) is 13.3 Å². The molecular weight excluding hydrogens is 478 g/mol. The molecule has 0 saturated carbocycles. The number of aromatic nitrogens is 1. The number of ether oxygens (including phenoxy) is 2. The van der Waals surface area contributed by atoms with E-state index in [2.05, 4.69) is 16.9 Å². The van der Waals surface area contributed by atoms with Crippen molar-refractivity contribution in [1.82, 2.24) is 4.98 Å². The summed E-state index contributed by atoms with van der Waals surface area (Å²) in [7, 11) is 2.84. The van der Waals surface area contributed by atoms with Crippen molar-refractivity contribution in [2.75, 3.05) is 19.5 Å². The van der Waals surface area contributed by atoms with Crippen LogP contribution in [0, 0.1) is 6.92 Å². The summed E-state index contributed by atoms with van der Waals surface area (Å²) in [5, 5.41) is 3.32. The summed E-state index contributed by atoms with van der Waals surface area (Å²) in [6.45, 7) is 5.47. The van der Waals surface area contributed by atoms with E-state index in [1.54, 1.807) is 12.1 Å². The Hall–Kier alpha value is -3.35. The molecule has 0 radical (unpaired) electrons. The molecule has 5 nitrogen and oxygen atoms in total. The molecule has 0 bridgehead atoms. The SMILES string of the molecule is C=CC(=O)Cc1cccc(C)c1Nc1ccc(/C=C(\F)c2c(Cl)c(OC)cc(OC)c2Cl)cn1. The lowest BCUT2D eigenvalue weighted by Gasteiger charge is -2.14. The number of methoxy groups -OCH3 is 2. The van der Waals surface area contributed by atoms with Gasteiger partial charge in [-0.15, -0.1) is 0 Å². The topological polar surface area (TPSA) is 60.5 Å². The van der Waals surface area contributed by atoms with Gasteiger partial charge in [0.2, 0.25) is 0 Å². The number of nitrogens with zero attached hydrogens (tertiary/aromatic N) is 1. The Balaban J connectivity index is 1.90. The van der Waals surface area contributed by atoms with Crippen molar-refractivity contribution < 1.29 is 18.7 Å². The van der Waals surface area contributed by atoms with E-state index in [-0.39, 0.29) is 39.3 Å². The van der Waals surface area contributed by atoms with Crippen LogP contribution in [0.5, 0.6) is 11.5 Å². The molecule has 0 amide bonds. The number of carbonyl (C=O) groups excluding carboxylic acids is 1. The van der Waals surface area contributed by atoms with Gasteiger partial charge in [-0.25, -0.2) is 9.37 Å². The Bertz CT molecular complexity index is 1230. The number of benzene rings is 2. The van der Waals surface area contributed by atoms with Crippen LogP contribution in [0.3, 0.4) is 0 Å². The van der Waals surface area contributed by atoms with E-state index in [4.69, 9.17) is 32.7 Å². The Morgan fingerprint density at radius 3 is 2.38 bits per heavy atom. The Morgan fingerprint density at radius 1 is 1.15 bits per heavy atom. The first-order chi connectivity index (χ1) is 16.3. The van der Waals surface area contributed by atoms with Crippen LogP contribution in [0.1, 0.15) is 22.3 Å². The predicted octanol–water partition coefficient (Wildman–Crippen LogP) is 7.22. The maximum absolute atomic E-state index is 15.2. The van der Waals surface area contributed by atoms with E-state index in [1.165, 1.54) is 38.6 Å². The highest BCUT2D eigenvalue weighted by atomic mass is 35.5. The van der Waals surface area contributed by atoms with Crippen LogP contribution in [0.2, 0.25) is 10.0 Å². The molecule has 176 valence electrons. The number of hydrogen-bond donors (Lipinski definition) is 1. The molecule has 0 unspecified atom stereocenters. The molecule has 0 aliphatic carbocycles. The minimum Gasteiger partial charge on any atom is -0.495 e. The van der Waals surface area contributed by atoms with Gasteiger partial charge in [0.05, 0.1) is 29.8 Å². The van der Waals surface area contributed by atoms with Crippen LogP contribution in [-0.4, -0.2) is 25.0 Å². The number of allylic oxidation sites excluding steroid dienone is 1. The molecule has 1 N–H and O–H groups in total. The highest BCUT2D eigenvalue weighted by Gasteiger charge is 2.20. The van der Waals surface area contributed by atoms with Gasteiger partial charge in [0.1, 0.15) is 23.1 Å². The lowest BCUT2D eigenvalue weighted by atomic mass is 10.0. The molecule has 0 aliphatic heterocycles. The van der Waals surface area contributed by atoms with E-state index in [0.717, 1.165) is 16.8 Å². The van der Waals surface area contributed by atoms with Crippen LogP contribution in [0.4, 0.5) is 15.9 Å². The third-order valence-corrected chi connectivity index (χ3v) is 5.85. The van der Waals surface area contributed by atoms with Gasteiger partial charge in [-0.1, -0.05) is 48.0 Å². The molecule has 34 heavy (non-hydrogen) atoms. The molecule has 0 spiro atoms. The summed E-state index contributed by atoms with van der Waals surface area (Å²) < 4.78 is 25.6. The number of aryl methyl sites for hydroxylation is 1. The van der Waals surface area contributed by atoms with E-state index in [0.29, 0.717) is 11.4 Å². The van der Waals surface area contributed by atoms with Gasteiger partial charge >= 0.3 is 0 Å². The molecule has 1 aromatic heterocycles. The molecule has 8 heteroatoms. The van der Waals surface area contributed by atoms with E-state index < -0.39 is 5.83 Å². The van der Waals surface area contributed by atoms with E-state index >= 15 is 4.39 Å². The molecule has 3 rings (SSSR count). The Kier molecular flexibility index (Phi) is 8.31. The first kappa shape index (κ1) is 25.3. The highest BCUT2D eigenvalue weighted by Crippen LogP contribution is 2.44. The van der Waals surface area contributed by atoms with Crippen molar-refractivity contribution in [3.63, 3.8) is 0 Å². The summed E-state index contributed by atoms with van der Waals surface area (Å²) in [6.07, 6.45) is 4.31. The van der Waals surface area contributed by atoms with Crippen LogP contribution in [0.15, 0.2) is 55.3 Å². The quantitative estimate of drug-likeness (QED) is 0.314. The summed E-state index contributed by atoms with van der Waals surface area (Å²) in [6, 6.07) is 10.6. The zero-order chi connectivity index (χ0) is 24.8. The molecule has 1 heterocycles. The van der Waals surface area contributed by atoms with Crippen LogP contribution >= 0.6 is 23.2 Å². The standard InChI is InChI=1S/C26H23Cl2FN2O3/c1-5-18(32)12-17-8-6-7-15(2)26(17)31-22-10-9-16(14-30-22)11-19(29)23-24(27)20(33-3)13-21(34-4)25(23)28/h5-11,13-14H,1,12H2,2-4H3,(H,30,31)/b19-11-. The monoisotopic (exact) mass is 500 g/mol. The first-order valence-corrected chi connectivity index (χ1v) is 11.0. The molecule has 0 atom stereocenters. The van der Waals surface area contributed by atoms with Crippen molar-refractivity contribution in [2.24, 2.45) is 0 Å². The molecular formula is C26H23Cl2FN2O3. The van der Waals surface area contributed by atoms with Crippen molar-refractivity contribution >= 4 is 52.4 Å². The fourth-order valence-corrected chi connectivity index (χ4v) is 4.00. The maximum Gasteiger partial charge on any atom is 0.159 e. The third-order valence-electron chi connectivity index (χ3n) is 5.10. The van der Waals surface area contributed by atoms with Gasteiger partial charge in [0, 0.05) is 24.4 Å². The largest absolute Gasteiger partial charge is 0.495 e. The van der Waals surface area contributed by atoms with Crippen molar-refractivity contribution in [3.05, 3.63) is 87.5 Å². The highest BCUT2D eigenvalue weighted by molar-refractivity contribution is 6.39. The van der Waals surface area contributed by atoms with Crippen LogP contribution < -0.4 is 14.8 Å². The van der Waals surface area contributed by atoms with Gasteiger partial charge < -0.3 is 14.8 Å². The maximum atomic E-state index is 15.2. The molecule has 0 aliphatic rings. The number of hydrogen-bond acceptors (Lipinski definition) is 5. The number of para-hydroxylation sites is 1. The third kappa shape index (κ3) is 5.58. The average molecular weight is 501 g/mol. The van der Waals surface area contributed by atoms with Gasteiger partial charge in [0.15, 0.2) is 5.78 Å². The van der Waals surface area contributed by atoms with E-state index in [9.17, 15) is 4.79 Å². The van der Waals surface area contributed by atoms with Gasteiger partial charge in [-0.2, -0.15) is 0 Å². The van der Waals surface area contributed by atoms with Gasteiger partial charge in [-0.05, 0) is 47.9 Å². The second-order valence-corrected chi connectivity index (χ2v) is 8.09. The number of carbonyl (C=O) groups is 1. The fourth-order valence-electron chi connectivity index (χ4n) is 3.32. The zero-order valence-electron chi connectivity index (χ0n) is 18.9. The van der Waals surface area contributed by atoms with Gasteiger partial charge in [-0.3, -0.25) is 4.79 Å². The molecule has 3 aromatic rings. The number of nitrogens with one attached hydrogen (secondary N) is 1. The second kappa shape index (κ2) is 11.2. The van der Waals surface area contributed by atoms with Crippen molar-refractivity contribution in [1.29, 1.82) is 0 Å².